The number of pyridine rings is 1. The first kappa shape index (κ1) is 25.3. The van der Waals surface area contributed by atoms with Crippen molar-refractivity contribution in [1.82, 2.24) is 15.2 Å². The molecule has 0 radical (unpaired) electrons. The van der Waals surface area contributed by atoms with Crippen LogP contribution in [0.15, 0.2) is 35.1 Å². The number of para-hydroxylation sites is 1. The molecular weight excluding hydrogens is 440 g/mol. The van der Waals surface area contributed by atoms with Crippen LogP contribution in [0.2, 0.25) is 0 Å². The monoisotopic (exact) mass is 480 g/mol. The fourth-order valence-electron chi connectivity index (χ4n) is 6.04. The number of likely N-dealkylation sites (tertiary alicyclic amines) is 1. The summed E-state index contributed by atoms with van der Waals surface area (Å²) in [7, 11) is 1.54. The van der Waals surface area contributed by atoms with Crippen LogP contribution in [0.4, 0.5) is 5.69 Å². The lowest BCUT2D eigenvalue weighted by molar-refractivity contribution is -0.123. The topological polar surface area (TPSA) is 77.7 Å². The predicted octanol–water partition coefficient (Wildman–Crippen LogP) is 3.81. The first-order valence-corrected chi connectivity index (χ1v) is 12.9. The first-order chi connectivity index (χ1) is 16.7. The highest BCUT2D eigenvalue weighted by Gasteiger charge is 2.43. The summed E-state index contributed by atoms with van der Waals surface area (Å²) in [5.74, 6) is 0.739. The van der Waals surface area contributed by atoms with E-state index in [1.807, 2.05) is 13.0 Å². The Balaban J connectivity index is 1.52. The van der Waals surface area contributed by atoms with Crippen LogP contribution in [0, 0.1) is 12.8 Å². The fourth-order valence-corrected chi connectivity index (χ4v) is 6.04. The Labute approximate surface area is 208 Å². The number of aryl methyl sites for hydroxylation is 1. The molecule has 1 fully saturated rings. The minimum Gasteiger partial charge on any atom is -0.496 e. The number of hydrogen-bond donors (Lipinski definition) is 2. The molecule has 7 heteroatoms. The van der Waals surface area contributed by atoms with Gasteiger partial charge in [0.05, 0.1) is 25.1 Å². The molecule has 1 aromatic carbocycles. The van der Waals surface area contributed by atoms with Crippen molar-refractivity contribution in [3.8, 4) is 5.75 Å². The molecule has 4 rings (SSSR count). The Morgan fingerprint density at radius 1 is 1.20 bits per heavy atom. The van der Waals surface area contributed by atoms with Gasteiger partial charge in [0, 0.05) is 29.5 Å². The standard InChI is InChI=1S/C28H40N4O3/c1-17(2)31-13-11-21(12-14-31)19(4)32-20(5)26(22-9-7-8-10-24(22)32)28(34)29-16-23-25(35-6)15-18(3)30-27(23)33/h7-10,15,17,19-21,26H,11-14,16H2,1-6H3,(H,29,34)(H,30,33). The highest BCUT2D eigenvalue weighted by Crippen LogP contribution is 2.44. The molecule has 35 heavy (non-hydrogen) atoms. The van der Waals surface area contributed by atoms with Gasteiger partial charge in [0.15, 0.2) is 0 Å². The van der Waals surface area contributed by atoms with Crippen LogP contribution in [0.5, 0.6) is 5.75 Å². The third-order valence-electron chi connectivity index (χ3n) is 8.07. The number of nitrogens with one attached hydrogen (secondary N) is 2. The number of carbonyl (C=O) groups excluding carboxylic acids is 1. The lowest BCUT2D eigenvalue weighted by Crippen LogP contribution is -2.49. The Morgan fingerprint density at radius 3 is 2.54 bits per heavy atom. The summed E-state index contributed by atoms with van der Waals surface area (Å²) in [6.07, 6.45) is 2.36. The molecule has 0 saturated carbocycles. The van der Waals surface area contributed by atoms with Crippen molar-refractivity contribution < 1.29 is 9.53 Å². The van der Waals surface area contributed by atoms with Crippen molar-refractivity contribution in [2.45, 2.75) is 78.0 Å². The molecule has 2 aromatic rings. The van der Waals surface area contributed by atoms with Gasteiger partial charge in [-0.3, -0.25) is 9.59 Å². The maximum absolute atomic E-state index is 13.5. The molecule has 190 valence electrons. The first-order valence-electron chi connectivity index (χ1n) is 12.9. The largest absolute Gasteiger partial charge is 0.496 e. The number of H-pyrrole nitrogens is 1. The van der Waals surface area contributed by atoms with E-state index < -0.39 is 0 Å². The van der Waals surface area contributed by atoms with Gasteiger partial charge in [-0.05, 0) is 84.2 Å². The van der Waals surface area contributed by atoms with Crippen LogP contribution < -0.4 is 20.5 Å². The third kappa shape index (κ3) is 4.96. The van der Waals surface area contributed by atoms with Crippen molar-refractivity contribution in [1.29, 1.82) is 0 Å². The highest BCUT2D eigenvalue weighted by atomic mass is 16.5. The normalized spacial score (nSPS) is 21.7. The van der Waals surface area contributed by atoms with Crippen LogP contribution in [-0.4, -0.2) is 54.1 Å². The second-order valence-corrected chi connectivity index (χ2v) is 10.4. The molecule has 3 atom stereocenters. The summed E-state index contributed by atoms with van der Waals surface area (Å²) >= 11 is 0. The van der Waals surface area contributed by atoms with Gasteiger partial charge in [0.2, 0.25) is 5.91 Å². The van der Waals surface area contributed by atoms with Gasteiger partial charge in [-0.2, -0.15) is 0 Å². The van der Waals surface area contributed by atoms with Gasteiger partial charge in [0.1, 0.15) is 5.75 Å². The van der Waals surface area contributed by atoms with Crippen LogP contribution in [-0.2, 0) is 11.3 Å². The minimum atomic E-state index is -0.292. The number of amides is 1. The number of nitrogens with zero attached hydrogens (tertiary/aromatic N) is 2. The van der Waals surface area contributed by atoms with E-state index in [0.717, 1.165) is 30.0 Å². The zero-order valence-corrected chi connectivity index (χ0v) is 21.9. The Morgan fingerprint density at radius 2 is 1.89 bits per heavy atom. The molecule has 1 aromatic heterocycles. The van der Waals surface area contributed by atoms with Crippen LogP contribution in [0.25, 0.3) is 0 Å². The van der Waals surface area contributed by atoms with E-state index in [-0.39, 0.29) is 30.0 Å². The van der Waals surface area contributed by atoms with Gasteiger partial charge >= 0.3 is 0 Å². The lowest BCUT2D eigenvalue weighted by atomic mass is 9.88. The molecule has 0 spiro atoms. The Kier molecular flexibility index (Phi) is 7.55. The lowest BCUT2D eigenvalue weighted by Gasteiger charge is -2.42. The number of aromatic nitrogens is 1. The van der Waals surface area contributed by atoms with Crippen LogP contribution >= 0.6 is 0 Å². The molecular formula is C28H40N4O3. The average molecular weight is 481 g/mol. The van der Waals surface area contributed by atoms with E-state index in [1.165, 1.54) is 12.8 Å². The summed E-state index contributed by atoms with van der Waals surface area (Å²) in [5, 5.41) is 3.03. The van der Waals surface area contributed by atoms with E-state index in [2.05, 4.69) is 66.0 Å². The van der Waals surface area contributed by atoms with E-state index in [1.54, 1.807) is 13.2 Å². The third-order valence-corrected chi connectivity index (χ3v) is 8.07. The fraction of sp³-hybridized carbons (Fsp3) is 0.571. The second kappa shape index (κ2) is 10.4. The Hall–Kier alpha value is -2.80. The van der Waals surface area contributed by atoms with Crippen LogP contribution in [0.3, 0.4) is 0 Å². The molecule has 2 N–H and O–H groups in total. The van der Waals surface area contributed by atoms with Crippen molar-refractivity contribution in [2.75, 3.05) is 25.1 Å². The van der Waals surface area contributed by atoms with Gasteiger partial charge < -0.3 is 24.8 Å². The van der Waals surface area contributed by atoms with Gasteiger partial charge in [0.25, 0.3) is 5.56 Å². The maximum atomic E-state index is 13.5. The van der Waals surface area contributed by atoms with Gasteiger partial charge in [-0.1, -0.05) is 18.2 Å². The number of anilines is 1. The quantitative estimate of drug-likeness (QED) is 0.630. The molecule has 1 amide bonds. The van der Waals surface area contributed by atoms with E-state index in [9.17, 15) is 9.59 Å². The zero-order chi connectivity index (χ0) is 25.3. The highest BCUT2D eigenvalue weighted by molar-refractivity contribution is 5.89. The van der Waals surface area contributed by atoms with E-state index >= 15 is 0 Å². The minimum absolute atomic E-state index is 0.0312. The smallest absolute Gasteiger partial charge is 0.256 e. The number of ether oxygens (including phenoxy) is 1. The predicted molar refractivity (Wildman–Crippen MR) is 140 cm³/mol. The van der Waals surface area contributed by atoms with Crippen molar-refractivity contribution >= 4 is 11.6 Å². The number of carbonyl (C=O) groups is 1. The molecule has 3 heterocycles. The summed E-state index contributed by atoms with van der Waals surface area (Å²) in [5.41, 5.74) is 3.15. The molecule has 3 unspecified atom stereocenters. The molecule has 7 nitrogen and oxygen atoms in total. The van der Waals surface area contributed by atoms with Crippen LogP contribution in [0.1, 0.15) is 63.3 Å². The second-order valence-electron chi connectivity index (χ2n) is 10.4. The number of fused-ring (bicyclic) bond motifs is 1. The Bertz CT molecular complexity index is 1100. The molecule has 0 aliphatic carbocycles. The van der Waals surface area contributed by atoms with Crippen molar-refractivity contribution in [3.05, 3.63) is 57.5 Å². The molecule has 2 aliphatic rings. The molecule has 0 bridgehead atoms. The number of benzene rings is 1. The molecule has 2 aliphatic heterocycles. The van der Waals surface area contributed by atoms with E-state index in [4.69, 9.17) is 4.74 Å². The average Bonchev–Trinajstić information content (AvgIpc) is 3.14. The van der Waals surface area contributed by atoms with Crippen molar-refractivity contribution in [2.24, 2.45) is 5.92 Å². The van der Waals surface area contributed by atoms with Crippen molar-refractivity contribution in [3.63, 3.8) is 0 Å². The number of piperidine rings is 1. The summed E-state index contributed by atoms with van der Waals surface area (Å²) in [6.45, 7) is 13.2. The number of methoxy groups -OCH3 is 1. The number of hydrogen-bond acceptors (Lipinski definition) is 5. The summed E-state index contributed by atoms with van der Waals surface area (Å²) in [4.78, 5) is 33.9. The molecule has 1 saturated heterocycles. The zero-order valence-electron chi connectivity index (χ0n) is 21.9. The maximum Gasteiger partial charge on any atom is 0.256 e. The van der Waals surface area contributed by atoms with Gasteiger partial charge in [-0.25, -0.2) is 0 Å². The SMILES string of the molecule is COc1cc(C)[nH]c(=O)c1CNC(=O)C1c2ccccc2N(C(C)C2CCN(C(C)C)CC2)C1C. The van der Waals surface area contributed by atoms with Gasteiger partial charge in [-0.15, -0.1) is 0 Å². The summed E-state index contributed by atoms with van der Waals surface area (Å²) < 4.78 is 5.40. The van der Waals surface area contributed by atoms with E-state index in [0.29, 0.717) is 29.3 Å². The number of rotatable bonds is 7. The summed E-state index contributed by atoms with van der Waals surface area (Å²) in [6, 6.07) is 11.0. The number of aromatic amines is 1.